The lowest BCUT2D eigenvalue weighted by atomic mass is 9.54. The van der Waals surface area contributed by atoms with Crippen LogP contribution in [0.1, 0.15) is 149 Å². The van der Waals surface area contributed by atoms with Crippen molar-refractivity contribution in [3.05, 3.63) is 75.1 Å². The van der Waals surface area contributed by atoms with Crippen LogP contribution in [0.15, 0.2) is 33.1 Å². The van der Waals surface area contributed by atoms with Crippen molar-refractivity contribution in [1.82, 2.24) is 0 Å². The van der Waals surface area contributed by atoms with E-state index in [1.165, 1.54) is 72.0 Å². The minimum absolute atomic E-state index is 0.0404. The number of hydrogen-bond acceptors (Lipinski definition) is 5. The van der Waals surface area contributed by atoms with Crippen molar-refractivity contribution < 1.29 is 18.3 Å². The molecule has 8 atom stereocenters. The molecule has 2 heterocycles. The molecule has 0 amide bonds. The minimum Gasteiger partial charge on any atom is -0.464 e. The lowest BCUT2D eigenvalue weighted by molar-refractivity contribution is -0.117. The normalized spacial score (nSPS) is 33.4. The topological polar surface area (TPSA) is 48.0 Å². The van der Waals surface area contributed by atoms with Gasteiger partial charge in [-0.1, -0.05) is 65.5 Å². The largest absolute Gasteiger partial charge is 0.464 e. The molecular formula is C43H61NO4. The average Bonchev–Trinajstić information content (AvgIpc) is 3.55. The Hall–Kier alpha value is -2.50. The highest BCUT2D eigenvalue weighted by Crippen LogP contribution is 2.62. The van der Waals surface area contributed by atoms with Crippen molar-refractivity contribution in [3.8, 4) is 0 Å². The van der Waals surface area contributed by atoms with Gasteiger partial charge in [0.2, 0.25) is 0 Å². The zero-order valence-electron chi connectivity index (χ0n) is 31.5. The van der Waals surface area contributed by atoms with E-state index in [9.17, 15) is 0 Å². The summed E-state index contributed by atoms with van der Waals surface area (Å²) < 4.78 is 28.0. The van der Waals surface area contributed by atoms with Gasteiger partial charge in [0.25, 0.3) is 0 Å². The van der Waals surface area contributed by atoms with Gasteiger partial charge in [0.15, 0.2) is 0 Å². The van der Waals surface area contributed by atoms with Crippen LogP contribution in [0.5, 0.6) is 0 Å². The van der Waals surface area contributed by atoms with Crippen molar-refractivity contribution in [3.63, 3.8) is 0 Å². The molecule has 0 spiro atoms. The van der Waals surface area contributed by atoms with E-state index in [0.717, 1.165) is 35.9 Å². The minimum atomic E-state index is -0.151. The highest BCUT2D eigenvalue weighted by molar-refractivity contribution is 5.53. The first kappa shape index (κ1) is 34.0. The Morgan fingerprint density at radius 2 is 1.17 bits per heavy atom. The number of nitrogens with zero attached hydrogens (tertiary/aromatic N) is 1. The third-order valence-electron chi connectivity index (χ3n) is 14.3. The van der Waals surface area contributed by atoms with Gasteiger partial charge < -0.3 is 23.2 Å². The molecule has 2 fully saturated rings. The molecule has 4 aliphatic carbocycles. The van der Waals surface area contributed by atoms with E-state index in [1.54, 1.807) is 0 Å². The van der Waals surface area contributed by atoms with Crippen molar-refractivity contribution in [2.24, 2.45) is 34.5 Å². The molecule has 48 heavy (non-hydrogen) atoms. The Kier molecular flexibility index (Phi) is 8.97. The van der Waals surface area contributed by atoms with Crippen molar-refractivity contribution in [1.29, 1.82) is 0 Å². The Balaban J connectivity index is 1.42. The second kappa shape index (κ2) is 12.7. The smallest absolute Gasteiger partial charge is 0.122 e. The fourth-order valence-electron chi connectivity index (χ4n) is 11.0. The standard InChI is InChI=1S/C43H61NO4/c1-11-45-40-35-27(5)38(47-33(35)23-30-17-13-15-25(3)42(30,40)7)37(29-19-21-32(22-20-29)44(9)10)39-28(6)36-34(48-39)24-31-18-14-16-26(4)43(31,8)41(36)46-12-2/h19-22,25-26,30-31,37,40-41H,11-18,23-24H2,1-10H3/t25-,26-,30+,31+,40+,41+,42+,43+/m0/s1. The summed E-state index contributed by atoms with van der Waals surface area (Å²) in [5.74, 6) is 6.52. The van der Waals surface area contributed by atoms with Crippen LogP contribution in [-0.4, -0.2) is 27.3 Å². The van der Waals surface area contributed by atoms with Gasteiger partial charge in [-0.15, -0.1) is 0 Å². The molecule has 262 valence electrons. The van der Waals surface area contributed by atoms with E-state index >= 15 is 0 Å². The first-order valence-electron chi connectivity index (χ1n) is 19.2. The van der Waals surface area contributed by atoms with Crippen LogP contribution in [0.25, 0.3) is 0 Å². The molecule has 0 radical (unpaired) electrons. The molecule has 0 unspecified atom stereocenters. The predicted octanol–water partition coefficient (Wildman–Crippen LogP) is 10.9. The fourth-order valence-corrected chi connectivity index (χ4v) is 11.0. The number of benzene rings is 1. The van der Waals surface area contributed by atoms with Crippen molar-refractivity contribution >= 4 is 5.69 Å². The summed E-state index contributed by atoms with van der Waals surface area (Å²) >= 11 is 0. The summed E-state index contributed by atoms with van der Waals surface area (Å²) in [5.41, 5.74) is 7.70. The Bertz CT molecular complexity index is 1520. The van der Waals surface area contributed by atoms with Crippen LogP contribution < -0.4 is 4.90 Å². The summed E-state index contributed by atoms with van der Waals surface area (Å²) in [5, 5.41) is 0. The lowest BCUT2D eigenvalue weighted by Gasteiger charge is -2.53. The predicted molar refractivity (Wildman–Crippen MR) is 194 cm³/mol. The van der Waals surface area contributed by atoms with Crippen molar-refractivity contribution in [2.45, 2.75) is 125 Å². The molecule has 7 rings (SSSR count). The van der Waals surface area contributed by atoms with E-state index in [2.05, 4.69) is 98.7 Å². The number of fused-ring (bicyclic) bond motifs is 4. The van der Waals surface area contributed by atoms with Crippen LogP contribution in [0.4, 0.5) is 5.69 Å². The molecular weight excluding hydrogens is 594 g/mol. The van der Waals surface area contributed by atoms with Gasteiger partial charge in [-0.25, -0.2) is 0 Å². The molecule has 2 saturated carbocycles. The third-order valence-corrected chi connectivity index (χ3v) is 14.3. The van der Waals surface area contributed by atoms with Crippen LogP contribution >= 0.6 is 0 Å². The maximum absolute atomic E-state index is 7.20. The quantitative estimate of drug-likeness (QED) is 0.242. The molecule has 0 saturated heterocycles. The number of ether oxygens (including phenoxy) is 2. The van der Waals surface area contributed by atoms with Crippen LogP contribution in [-0.2, 0) is 22.3 Å². The first-order valence-corrected chi connectivity index (χ1v) is 19.2. The highest BCUT2D eigenvalue weighted by atomic mass is 16.5. The molecule has 0 bridgehead atoms. The molecule has 0 N–H and O–H groups in total. The van der Waals surface area contributed by atoms with Gasteiger partial charge in [-0.2, -0.15) is 0 Å². The monoisotopic (exact) mass is 655 g/mol. The molecule has 3 aromatic rings. The highest BCUT2D eigenvalue weighted by Gasteiger charge is 2.56. The van der Waals surface area contributed by atoms with Gasteiger partial charge in [-0.3, -0.25) is 0 Å². The molecule has 1 aromatic carbocycles. The van der Waals surface area contributed by atoms with E-state index < -0.39 is 0 Å². The third kappa shape index (κ3) is 4.99. The molecule has 2 aromatic heterocycles. The van der Waals surface area contributed by atoms with E-state index in [1.807, 2.05) is 0 Å². The van der Waals surface area contributed by atoms with Crippen LogP contribution in [0.3, 0.4) is 0 Å². The zero-order chi connectivity index (χ0) is 34.1. The average molecular weight is 656 g/mol. The Morgan fingerprint density at radius 1 is 0.729 bits per heavy atom. The van der Waals surface area contributed by atoms with Gasteiger partial charge in [-0.05, 0) is 93.0 Å². The van der Waals surface area contributed by atoms with Gasteiger partial charge in [0, 0.05) is 67.8 Å². The van der Waals surface area contributed by atoms with Gasteiger partial charge in [0.05, 0.1) is 12.2 Å². The second-order valence-electron chi connectivity index (χ2n) is 16.6. The lowest BCUT2D eigenvalue weighted by Crippen LogP contribution is -2.47. The number of anilines is 1. The molecule has 5 heteroatoms. The molecule has 5 nitrogen and oxygen atoms in total. The maximum atomic E-state index is 7.20. The molecule has 0 aliphatic heterocycles. The number of furan rings is 2. The summed E-state index contributed by atoms with van der Waals surface area (Å²) in [4.78, 5) is 2.17. The van der Waals surface area contributed by atoms with Crippen molar-refractivity contribution in [2.75, 3.05) is 32.2 Å². The van der Waals surface area contributed by atoms with E-state index in [0.29, 0.717) is 36.9 Å². The maximum Gasteiger partial charge on any atom is 0.122 e. The van der Waals surface area contributed by atoms with Crippen LogP contribution in [0, 0.1) is 48.3 Å². The van der Waals surface area contributed by atoms with E-state index in [-0.39, 0.29) is 29.0 Å². The summed E-state index contributed by atoms with van der Waals surface area (Å²) in [7, 11) is 4.21. The SMILES string of the molecule is CCO[C@@H]1c2c(oc(C(c3ccc(N(C)C)cc3)c3oc4c(c3C)[C@@H](OCC)[C@@]3(C)[C@H](CCC[C@@H]3C)C4)c2C)C[C@H]2CCC[C@H](C)[C@]21C. The number of hydrogen-bond donors (Lipinski definition) is 0. The number of rotatable bonds is 8. The Morgan fingerprint density at radius 3 is 1.56 bits per heavy atom. The van der Waals surface area contributed by atoms with Gasteiger partial charge in [0.1, 0.15) is 29.0 Å². The zero-order valence-corrected chi connectivity index (χ0v) is 31.5. The first-order chi connectivity index (χ1) is 23.0. The molecule has 4 aliphatic rings. The van der Waals surface area contributed by atoms with E-state index in [4.69, 9.17) is 18.3 Å². The van der Waals surface area contributed by atoms with Crippen LogP contribution in [0.2, 0.25) is 0 Å². The summed E-state index contributed by atoms with van der Waals surface area (Å²) in [6, 6.07) is 9.04. The van der Waals surface area contributed by atoms with Gasteiger partial charge >= 0.3 is 0 Å². The fraction of sp³-hybridized carbons (Fsp3) is 0.674. The summed E-state index contributed by atoms with van der Waals surface area (Å²) in [6.07, 6.45) is 9.68. The Labute approximate surface area is 290 Å². The second-order valence-corrected chi connectivity index (χ2v) is 16.6. The summed E-state index contributed by atoms with van der Waals surface area (Å²) in [6.45, 7) is 20.2.